The number of methoxy groups -OCH3 is 2. The summed E-state index contributed by atoms with van der Waals surface area (Å²) in [4.78, 5) is 18.3. The maximum atomic E-state index is 13.7. The van der Waals surface area contributed by atoms with Gasteiger partial charge in [-0.2, -0.15) is 0 Å². The number of ether oxygens (including phenoxy) is 2. The molecule has 1 atom stereocenters. The molecule has 0 radical (unpaired) electrons. The summed E-state index contributed by atoms with van der Waals surface area (Å²) < 4.78 is 25.6. The van der Waals surface area contributed by atoms with Crippen LogP contribution in [0, 0.1) is 5.82 Å². The average molecular weight is 438 g/mol. The first-order valence-electron chi connectivity index (χ1n) is 10.4. The van der Waals surface area contributed by atoms with Crippen LogP contribution in [0.25, 0.3) is 0 Å². The van der Waals surface area contributed by atoms with Crippen molar-refractivity contribution in [3.8, 4) is 0 Å². The molecule has 1 heterocycles. The number of nitrogens with two attached hydrogens (primary N) is 1. The van der Waals surface area contributed by atoms with Crippen molar-refractivity contribution in [2.45, 2.75) is 24.7 Å². The van der Waals surface area contributed by atoms with E-state index < -0.39 is 17.9 Å². The van der Waals surface area contributed by atoms with Gasteiger partial charge < -0.3 is 20.1 Å². The molecular formula is C25H28FN3O3. The van der Waals surface area contributed by atoms with Crippen LogP contribution in [-0.2, 0) is 21.7 Å². The number of aryl methyl sites for hydroxylation is 1. The van der Waals surface area contributed by atoms with E-state index in [1.165, 1.54) is 31.3 Å². The van der Waals surface area contributed by atoms with E-state index in [-0.39, 0.29) is 5.82 Å². The van der Waals surface area contributed by atoms with Gasteiger partial charge in [0.05, 0.1) is 0 Å². The minimum atomic E-state index is -1.39. The normalized spacial score (nSPS) is 12.3. The Balaban J connectivity index is 2.02. The number of hydrogen-bond acceptors (Lipinski definition) is 4. The van der Waals surface area contributed by atoms with Crippen molar-refractivity contribution in [1.29, 1.82) is 0 Å². The third kappa shape index (κ3) is 5.12. The van der Waals surface area contributed by atoms with Crippen LogP contribution in [0.3, 0.4) is 0 Å². The molecule has 2 aromatic carbocycles. The Labute approximate surface area is 187 Å². The highest BCUT2D eigenvalue weighted by Gasteiger charge is 2.47. The lowest BCUT2D eigenvalue weighted by atomic mass is 9.90. The smallest absolute Gasteiger partial charge is 0.315 e. The standard InChI is InChI=1S/C25H28FN3O3/c1-31-25(32-2,21-14-16-28-17-15-21)23(20-10-12-22(26)13-11-20)29(24(27)30)18-6-9-19-7-4-3-5-8-19/h3-5,7-8,10-17,23H,6,9,18H2,1-2H3,(H2,27,30). The molecule has 32 heavy (non-hydrogen) atoms. The summed E-state index contributed by atoms with van der Waals surface area (Å²) in [6.07, 6.45) is 4.68. The SMILES string of the molecule is COC(OC)(c1ccncc1)C(c1ccc(F)cc1)N(CCCc1ccccc1)C(N)=O. The van der Waals surface area contributed by atoms with Gasteiger partial charge >= 0.3 is 6.03 Å². The Hall–Kier alpha value is -3.29. The van der Waals surface area contributed by atoms with E-state index in [1.54, 1.807) is 36.7 Å². The zero-order valence-electron chi connectivity index (χ0n) is 18.3. The third-order valence-corrected chi connectivity index (χ3v) is 5.54. The van der Waals surface area contributed by atoms with Crippen molar-refractivity contribution in [1.82, 2.24) is 9.88 Å². The Kier molecular flexibility index (Phi) is 7.92. The van der Waals surface area contributed by atoms with Crippen molar-refractivity contribution in [3.05, 3.63) is 102 Å². The first-order chi connectivity index (χ1) is 15.5. The fraction of sp³-hybridized carbons (Fsp3) is 0.280. The van der Waals surface area contributed by atoms with E-state index in [0.29, 0.717) is 24.1 Å². The second-order valence-corrected chi connectivity index (χ2v) is 7.39. The molecule has 0 spiro atoms. The lowest BCUT2D eigenvalue weighted by Gasteiger charge is -2.44. The quantitative estimate of drug-likeness (QED) is 0.476. The molecule has 0 aliphatic carbocycles. The van der Waals surface area contributed by atoms with Crippen LogP contribution >= 0.6 is 0 Å². The molecule has 0 fully saturated rings. The van der Waals surface area contributed by atoms with E-state index in [1.807, 2.05) is 30.3 Å². The second-order valence-electron chi connectivity index (χ2n) is 7.39. The first-order valence-corrected chi connectivity index (χ1v) is 10.4. The van der Waals surface area contributed by atoms with Crippen molar-refractivity contribution in [2.24, 2.45) is 5.73 Å². The monoisotopic (exact) mass is 437 g/mol. The largest absolute Gasteiger partial charge is 0.351 e. The number of rotatable bonds is 10. The van der Waals surface area contributed by atoms with Gasteiger partial charge in [0.2, 0.25) is 5.79 Å². The minimum Gasteiger partial charge on any atom is -0.351 e. The highest BCUT2D eigenvalue weighted by Crippen LogP contribution is 2.43. The molecule has 1 unspecified atom stereocenters. The Morgan fingerprint density at radius 1 is 1.03 bits per heavy atom. The molecule has 3 aromatic rings. The number of carbonyl (C=O) groups excluding carboxylic acids is 1. The molecule has 168 valence electrons. The van der Waals surface area contributed by atoms with E-state index in [2.05, 4.69) is 4.98 Å². The molecule has 0 saturated heterocycles. The number of primary amides is 1. The Morgan fingerprint density at radius 2 is 1.66 bits per heavy atom. The van der Waals surface area contributed by atoms with Crippen LogP contribution in [0.5, 0.6) is 0 Å². The van der Waals surface area contributed by atoms with Gasteiger partial charge in [-0.3, -0.25) is 4.98 Å². The summed E-state index contributed by atoms with van der Waals surface area (Å²) in [5.41, 5.74) is 8.30. The average Bonchev–Trinajstić information content (AvgIpc) is 2.83. The van der Waals surface area contributed by atoms with E-state index in [9.17, 15) is 9.18 Å². The van der Waals surface area contributed by atoms with Gasteiger partial charge in [0, 0.05) is 38.7 Å². The number of aromatic nitrogens is 1. The Bertz CT molecular complexity index is 980. The number of nitrogens with zero attached hydrogens (tertiary/aromatic N) is 2. The van der Waals surface area contributed by atoms with Gasteiger partial charge in [0.1, 0.15) is 11.9 Å². The van der Waals surface area contributed by atoms with Crippen LogP contribution in [-0.4, -0.2) is 36.7 Å². The van der Waals surface area contributed by atoms with Gasteiger partial charge in [-0.15, -0.1) is 0 Å². The number of benzene rings is 2. The van der Waals surface area contributed by atoms with Crippen LogP contribution in [0.1, 0.15) is 29.2 Å². The van der Waals surface area contributed by atoms with Gasteiger partial charge in [-0.1, -0.05) is 42.5 Å². The van der Waals surface area contributed by atoms with Crippen LogP contribution in [0.2, 0.25) is 0 Å². The number of hydrogen-bond donors (Lipinski definition) is 1. The van der Waals surface area contributed by atoms with Gasteiger partial charge in [0.25, 0.3) is 0 Å². The third-order valence-electron chi connectivity index (χ3n) is 5.54. The van der Waals surface area contributed by atoms with E-state index >= 15 is 0 Å². The topological polar surface area (TPSA) is 77.7 Å². The number of amides is 2. The highest BCUT2D eigenvalue weighted by atomic mass is 19.1. The number of urea groups is 1. The maximum absolute atomic E-state index is 13.7. The summed E-state index contributed by atoms with van der Waals surface area (Å²) in [5, 5.41) is 0. The lowest BCUT2D eigenvalue weighted by molar-refractivity contribution is -0.251. The van der Waals surface area contributed by atoms with Crippen LogP contribution in [0.15, 0.2) is 79.1 Å². The second kappa shape index (κ2) is 10.8. The summed E-state index contributed by atoms with van der Waals surface area (Å²) >= 11 is 0. The van der Waals surface area contributed by atoms with Gasteiger partial charge in [0.15, 0.2) is 0 Å². The summed E-state index contributed by atoms with van der Waals surface area (Å²) in [6.45, 7) is 0.353. The zero-order valence-corrected chi connectivity index (χ0v) is 18.3. The molecule has 3 rings (SSSR count). The predicted octanol–water partition coefficient (Wildman–Crippen LogP) is 4.42. The van der Waals surface area contributed by atoms with Crippen molar-refractivity contribution in [2.75, 3.05) is 20.8 Å². The van der Waals surface area contributed by atoms with Gasteiger partial charge in [-0.25, -0.2) is 9.18 Å². The maximum Gasteiger partial charge on any atom is 0.315 e. The molecule has 0 aliphatic heterocycles. The molecule has 0 saturated carbocycles. The highest BCUT2D eigenvalue weighted by molar-refractivity contribution is 5.73. The van der Waals surface area contributed by atoms with E-state index in [0.717, 1.165) is 12.0 Å². The molecule has 2 amide bonds. The number of carbonyl (C=O) groups is 1. The molecule has 0 bridgehead atoms. The van der Waals surface area contributed by atoms with Crippen molar-refractivity contribution in [3.63, 3.8) is 0 Å². The van der Waals surface area contributed by atoms with Gasteiger partial charge in [-0.05, 0) is 48.2 Å². The molecule has 0 aliphatic rings. The number of pyridine rings is 1. The summed E-state index contributed by atoms with van der Waals surface area (Å²) in [6, 6.07) is 18.0. The number of halogens is 1. The Morgan fingerprint density at radius 3 is 2.22 bits per heavy atom. The fourth-order valence-corrected chi connectivity index (χ4v) is 4.00. The first kappa shape index (κ1) is 23.4. The molecule has 7 heteroatoms. The molecular weight excluding hydrogens is 409 g/mol. The molecule has 2 N–H and O–H groups in total. The molecule has 6 nitrogen and oxygen atoms in total. The summed E-state index contributed by atoms with van der Waals surface area (Å²) in [5.74, 6) is -1.77. The lowest BCUT2D eigenvalue weighted by Crippen LogP contribution is -2.51. The fourth-order valence-electron chi connectivity index (χ4n) is 4.00. The van der Waals surface area contributed by atoms with Crippen molar-refractivity contribution < 1.29 is 18.7 Å². The predicted molar refractivity (Wildman–Crippen MR) is 120 cm³/mol. The minimum absolute atomic E-state index is 0.353. The van der Waals surface area contributed by atoms with Crippen molar-refractivity contribution >= 4 is 6.03 Å². The van der Waals surface area contributed by atoms with E-state index in [4.69, 9.17) is 15.2 Å². The molecule has 1 aromatic heterocycles. The summed E-state index contributed by atoms with van der Waals surface area (Å²) in [7, 11) is 3.01. The zero-order chi connectivity index (χ0) is 23.0. The van der Waals surface area contributed by atoms with Crippen LogP contribution in [0.4, 0.5) is 9.18 Å². The van der Waals surface area contributed by atoms with Crippen LogP contribution < -0.4 is 5.73 Å².